The van der Waals surface area contributed by atoms with Gasteiger partial charge in [0.2, 0.25) is 0 Å². The Morgan fingerprint density at radius 2 is 1.47 bits per heavy atom. The van der Waals surface area contributed by atoms with Crippen molar-refractivity contribution in [2.75, 3.05) is 26.2 Å². The van der Waals surface area contributed by atoms with Crippen molar-refractivity contribution in [3.63, 3.8) is 0 Å². The zero-order valence-electron chi connectivity index (χ0n) is 20.2. The summed E-state index contributed by atoms with van der Waals surface area (Å²) >= 11 is 0. The minimum Gasteiger partial charge on any atom is -0.475 e. The summed E-state index contributed by atoms with van der Waals surface area (Å²) in [4.78, 5) is 36.5. The molecule has 0 radical (unpaired) electrons. The van der Waals surface area contributed by atoms with E-state index in [0.717, 1.165) is 45.1 Å². The lowest BCUT2D eigenvalue weighted by atomic mass is 9.78. The number of alkyl halides is 6. The number of pyridine rings is 1. The Hall–Kier alpha value is -2.94. The number of nitrogens with zero attached hydrogens (tertiary/aromatic N) is 2. The third-order valence-corrected chi connectivity index (χ3v) is 6.59. The van der Waals surface area contributed by atoms with Crippen LogP contribution in [0.4, 0.5) is 26.3 Å². The first-order chi connectivity index (χ1) is 17.7. The standard InChI is InChI=1S/C19H27N3O2.2C2HF3O2/c23-18(15-5-9-20-10-6-15)21-11-7-16-8-12-24-19(16)13-22(14-19)17-3-1-2-4-17;2*3-2(4,5)1(6)7/h5-6,9-10,16-17H,1-4,7-8,11-14H2,(H,21,23);2*(H,6,7). The number of halogens is 6. The van der Waals surface area contributed by atoms with Gasteiger partial charge < -0.3 is 20.3 Å². The van der Waals surface area contributed by atoms with Crippen LogP contribution < -0.4 is 5.32 Å². The largest absolute Gasteiger partial charge is 0.490 e. The molecule has 0 aromatic carbocycles. The lowest BCUT2D eigenvalue weighted by Crippen LogP contribution is -2.66. The predicted octanol–water partition coefficient (Wildman–Crippen LogP) is 3.50. The van der Waals surface area contributed by atoms with Gasteiger partial charge in [-0.25, -0.2) is 9.59 Å². The first-order valence-corrected chi connectivity index (χ1v) is 11.8. The Morgan fingerprint density at radius 3 is 1.95 bits per heavy atom. The second kappa shape index (κ2) is 13.2. The summed E-state index contributed by atoms with van der Waals surface area (Å²) in [6.45, 7) is 3.79. The van der Waals surface area contributed by atoms with Crippen molar-refractivity contribution in [3.8, 4) is 0 Å². The van der Waals surface area contributed by atoms with Gasteiger partial charge in [0.05, 0.1) is 5.60 Å². The van der Waals surface area contributed by atoms with Gasteiger partial charge in [-0.05, 0) is 43.7 Å². The maximum atomic E-state index is 12.1. The van der Waals surface area contributed by atoms with E-state index in [2.05, 4.69) is 15.2 Å². The number of aliphatic carboxylic acids is 2. The molecule has 3 N–H and O–H groups in total. The molecule has 1 atom stereocenters. The van der Waals surface area contributed by atoms with E-state index in [4.69, 9.17) is 24.5 Å². The number of likely N-dealkylation sites (tertiary alicyclic amines) is 1. The molecule has 3 aliphatic rings. The van der Waals surface area contributed by atoms with E-state index < -0.39 is 24.3 Å². The van der Waals surface area contributed by atoms with E-state index in [9.17, 15) is 31.1 Å². The van der Waals surface area contributed by atoms with Gasteiger partial charge in [0, 0.05) is 50.2 Å². The molecule has 214 valence electrons. The predicted molar refractivity (Wildman–Crippen MR) is 119 cm³/mol. The Balaban J connectivity index is 0.000000301. The zero-order chi connectivity index (χ0) is 28.6. The summed E-state index contributed by atoms with van der Waals surface area (Å²) in [6, 6.07) is 4.30. The number of hydrogen-bond donors (Lipinski definition) is 3. The van der Waals surface area contributed by atoms with E-state index in [0.29, 0.717) is 11.5 Å². The maximum Gasteiger partial charge on any atom is 0.490 e. The SMILES string of the molecule is O=C(NCCC1CCOC12CN(C1CCCC1)C2)c1ccncc1.O=C(O)C(F)(F)F.O=C(O)C(F)(F)F. The van der Waals surface area contributed by atoms with Crippen molar-refractivity contribution in [1.82, 2.24) is 15.2 Å². The van der Waals surface area contributed by atoms with Gasteiger partial charge in [0.25, 0.3) is 5.91 Å². The van der Waals surface area contributed by atoms with Crippen molar-refractivity contribution < 1.29 is 55.7 Å². The smallest absolute Gasteiger partial charge is 0.475 e. The van der Waals surface area contributed by atoms with Gasteiger partial charge in [0.15, 0.2) is 0 Å². The Labute approximate surface area is 214 Å². The van der Waals surface area contributed by atoms with Crippen LogP contribution in [0.2, 0.25) is 0 Å². The molecule has 3 fully saturated rings. The van der Waals surface area contributed by atoms with Crippen LogP contribution >= 0.6 is 0 Å². The quantitative estimate of drug-likeness (QED) is 0.470. The van der Waals surface area contributed by atoms with E-state index in [-0.39, 0.29) is 11.5 Å². The van der Waals surface area contributed by atoms with Crippen LogP contribution in [0.15, 0.2) is 24.5 Å². The number of carbonyl (C=O) groups excluding carboxylic acids is 1. The fourth-order valence-electron chi connectivity index (χ4n) is 4.68. The molecule has 2 aliphatic heterocycles. The number of rotatable bonds is 5. The molecule has 1 aliphatic carbocycles. The molecule has 15 heteroatoms. The maximum absolute atomic E-state index is 12.1. The summed E-state index contributed by atoms with van der Waals surface area (Å²) in [5.74, 6) is -4.94. The first kappa shape index (κ1) is 31.3. The summed E-state index contributed by atoms with van der Waals surface area (Å²) in [7, 11) is 0. The molecule has 1 spiro atoms. The first-order valence-electron chi connectivity index (χ1n) is 11.8. The molecule has 1 saturated carbocycles. The summed E-state index contributed by atoms with van der Waals surface area (Å²) < 4.78 is 69.6. The van der Waals surface area contributed by atoms with Crippen LogP contribution in [0.25, 0.3) is 0 Å². The average molecular weight is 557 g/mol. The molecular formula is C23H29F6N3O6. The lowest BCUT2D eigenvalue weighted by molar-refractivity contribution is -0.193. The van der Waals surface area contributed by atoms with Gasteiger partial charge in [-0.1, -0.05) is 12.8 Å². The number of aromatic nitrogens is 1. The fourth-order valence-corrected chi connectivity index (χ4v) is 4.68. The molecule has 1 amide bonds. The summed E-state index contributed by atoms with van der Waals surface area (Å²) in [5.41, 5.74) is 0.753. The second-order valence-electron chi connectivity index (χ2n) is 9.13. The Kier molecular flexibility index (Phi) is 10.9. The van der Waals surface area contributed by atoms with Crippen molar-refractivity contribution in [3.05, 3.63) is 30.1 Å². The van der Waals surface area contributed by atoms with Gasteiger partial charge >= 0.3 is 24.3 Å². The Bertz CT molecular complexity index is 908. The van der Waals surface area contributed by atoms with Crippen LogP contribution in [0.3, 0.4) is 0 Å². The highest BCUT2D eigenvalue weighted by Crippen LogP contribution is 2.44. The number of ether oxygens (including phenoxy) is 1. The average Bonchev–Trinajstić information content (AvgIpc) is 3.48. The summed E-state index contributed by atoms with van der Waals surface area (Å²) in [6.07, 6.45) is 0.783. The number of nitrogens with one attached hydrogen (secondary N) is 1. The molecule has 4 rings (SSSR count). The van der Waals surface area contributed by atoms with Gasteiger partial charge in [-0.3, -0.25) is 14.7 Å². The van der Waals surface area contributed by atoms with Crippen molar-refractivity contribution in [1.29, 1.82) is 0 Å². The molecule has 3 heterocycles. The molecular weight excluding hydrogens is 528 g/mol. The van der Waals surface area contributed by atoms with E-state index in [1.807, 2.05) is 0 Å². The number of carbonyl (C=O) groups is 3. The van der Waals surface area contributed by atoms with Crippen LogP contribution in [0.1, 0.15) is 48.9 Å². The Morgan fingerprint density at radius 1 is 0.974 bits per heavy atom. The molecule has 9 nitrogen and oxygen atoms in total. The third kappa shape index (κ3) is 9.11. The van der Waals surface area contributed by atoms with Crippen LogP contribution in [0.5, 0.6) is 0 Å². The van der Waals surface area contributed by atoms with E-state index in [1.165, 1.54) is 25.7 Å². The van der Waals surface area contributed by atoms with E-state index in [1.54, 1.807) is 24.5 Å². The minimum atomic E-state index is -5.08. The summed E-state index contributed by atoms with van der Waals surface area (Å²) in [5, 5.41) is 17.3. The zero-order valence-corrected chi connectivity index (χ0v) is 20.2. The molecule has 38 heavy (non-hydrogen) atoms. The number of carboxylic acids is 2. The lowest BCUT2D eigenvalue weighted by Gasteiger charge is -2.53. The third-order valence-electron chi connectivity index (χ3n) is 6.59. The highest BCUT2D eigenvalue weighted by atomic mass is 19.4. The second-order valence-corrected chi connectivity index (χ2v) is 9.13. The molecule has 0 bridgehead atoms. The fraction of sp³-hybridized carbons (Fsp3) is 0.652. The molecule has 2 saturated heterocycles. The van der Waals surface area contributed by atoms with Crippen molar-refractivity contribution in [2.45, 2.75) is 62.5 Å². The van der Waals surface area contributed by atoms with Crippen LogP contribution in [0, 0.1) is 5.92 Å². The van der Waals surface area contributed by atoms with Crippen LogP contribution in [-0.4, -0.2) is 88.2 Å². The number of amides is 1. The highest BCUT2D eigenvalue weighted by molar-refractivity contribution is 5.93. The van der Waals surface area contributed by atoms with Gasteiger partial charge in [0.1, 0.15) is 0 Å². The number of hydrogen-bond acceptors (Lipinski definition) is 6. The highest BCUT2D eigenvalue weighted by Gasteiger charge is 2.54. The monoisotopic (exact) mass is 557 g/mol. The van der Waals surface area contributed by atoms with Crippen molar-refractivity contribution >= 4 is 17.8 Å². The molecule has 1 unspecified atom stereocenters. The minimum absolute atomic E-state index is 0.00782. The van der Waals surface area contributed by atoms with E-state index >= 15 is 0 Å². The number of carboxylic acid groups (broad SMARTS) is 2. The normalized spacial score (nSPS) is 20.9. The molecule has 1 aromatic heterocycles. The molecule has 1 aromatic rings. The van der Waals surface area contributed by atoms with Crippen LogP contribution in [-0.2, 0) is 14.3 Å². The van der Waals surface area contributed by atoms with Gasteiger partial charge in [-0.15, -0.1) is 0 Å². The topological polar surface area (TPSA) is 129 Å². The van der Waals surface area contributed by atoms with Crippen molar-refractivity contribution in [2.24, 2.45) is 5.92 Å². The van der Waals surface area contributed by atoms with Gasteiger partial charge in [-0.2, -0.15) is 26.3 Å².